The van der Waals surface area contributed by atoms with E-state index in [4.69, 9.17) is 10.8 Å². The van der Waals surface area contributed by atoms with Gasteiger partial charge < -0.3 is 16.2 Å². The van der Waals surface area contributed by atoms with E-state index in [-0.39, 0.29) is 43.5 Å². The van der Waals surface area contributed by atoms with E-state index in [9.17, 15) is 0 Å². The Morgan fingerprint density at radius 2 is 2.10 bits per heavy atom. The van der Waals surface area contributed by atoms with Crippen LogP contribution in [0.4, 0.5) is 0 Å². The van der Waals surface area contributed by atoms with Crippen molar-refractivity contribution in [2.75, 3.05) is 13.2 Å². The quantitative estimate of drug-likeness (QED) is 0.521. The molecule has 0 unspecified atom stereocenters. The molecule has 5 heteroatoms. The van der Waals surface area contributed by atoms with Gasteiger partial charge in [-0.2, -0.15) is 0 Å². The minimum absolute atomic E-state index is 0. The molecule has 0 spiro atoms. The van der Waals surface area contributed by atoms with Crippen LogP contribution in [0.5, 0.6) is 0 Å². The van der Waals surface area contributed by atoms with E-state index in [1.165, 1.54) is 0 Å². The van der Waals surface area contributed by atoms with E-state index in [1.54, 1.807) is 0 Å². The van der Waals surface area contributed by atoms with Crippen LogP contribution in [0.15, 0.2) is 0 Å². The lowest BCUT2D eigenvalue weighted by Crippen LogP contribution is -2.25. The van der Waals surface area contributed by atoms with Gasteiger partial charge in [0.1, 0.15) is 0 Å². The Hall–Kier alpha value is 0.460. The fourth-order valence-electron chi connectivity index (χ4n) is 0.989. The highest BCUT2D eigenvalue weighted by atomic mass is 35.5. The summed E-state index contributed by atoms with van der Waals surface area (Å²) in [6, 6.07) is 0.511. The van der Waals surface area contributed by atoms with E-state index in [2.05, 4.69) is 5.32 Å². The summed E-state index contributed by atoms with van der Waals surface area (Å²) in [6.45, 7) is 1.07. The third-order valence-corrected chi connectivity index (χ3v) is 1.48. The number of rotatable bonds is 1. The third kappa shape index (κ3) is 3.58. The van der Waals surface area contributed by atoms with Gasteiger partial charge in [-0.25, -0.2) is 0 Å². The molecule has 1 fully saturated rings. The van der Waals surface area contributed by atoms with Crippen LogP contribution in [0, 0.1) is 0 Å². The zero-order chi connectivity index (χ0) is 5.98. The zero-order valence-corrected chi connectivity index (χ0v) is 7.25. The third-order valence-electron chi connectivity index (χ3n) is 1.48. The van der Waals surface area contributed by atoms with Gasteiger partial charge in [0.2, 0.25) is 0 Å². The predicted molar refractivity (Wildman–Crippen MR) is 46.0 cm³/mol. The fourth-order valence-corrected chi connectivity index (χ4v) is 0.989. The zero-order valence-electron chi connectivity index (χ0n) is 5.62. The van der Waals surface area contributed by atoms with Crippen molar-refractivity contribution >= 4 is 24.8 Å². The monoisotopic (exact) mass is 188 g/mol. The molecule has 0 aromatic heterocycles. The summed E-state index contributed by atoms with van der Waals surface area (Å²) >= 11 is 0. The smallest absolute Gasteiger partial charge is 0.0585 e. The lowest BCUT2D eigenvalue weighted by atomic mass is 10.2. The Labute approximate surface area is 73.2 Å². The number of halogens is 2. The van der Waals surface area contributed by atoms with Crippen LogP contribution in [-0.4, -0.2) is 30.3 Å². The maximum Gasteiger partial charge on any atom is 0.0585 e. The summed E-state index contributed by atoms with van der Waals surface area (Å²) < 4.78 is 0. The van der Waals surface area contributed by atoms with Crippen molar-refractivity contribution in [1.29, 1.82) is 0 Å². The SMILES string of the molecule is Cl.Cl.N[C@@H]1CN[C@@H](CO)C1. The van der Waals surface area contributed by atoms with Gasteiger partial charge >= 0.3 is 0 Å². The van der Waals surface area contributed by atoms with Crippen molar-refractivity contribution in [3.05, 3.63) is 0 Å². The average Bonchev–Trinajstić information content (AvgIpc) is 2.14. The van der Waals surface area contributed by atoms with Gasteiger partial charge in [0.25, 0.3) is 0 Å². The van der Waals surface area contributed by atoms with Gasteiger partial charge in [-0.1, -0.05) is 0 Å². The molecule has 2 atom stereocenters. The molecule has 10 heavy (non-hydrogen) atoms. The topological polar surface area (TPSA) is 58.3 Å². The summed E-state index contributed by atoms with van der Waals surface area (Å²) in [5.41, 5.74) is 5.53. The molecule has 1 saturated heterocycles. The Balaban J connectivity index is 0. The Kier molecular flexibility index (Phi) is 8.09. The Bertz CT molecular complexity index is 84.0. The number of hydrogen-bond acceptors (Lipinski definition) is 3. The van der Waals surface area contributed by atoms with Crippen molar-refractivity contribution in [3.8, 4) is 0 Å². The molecule has 0 radical (unpaired) electrons. The Morgan fingerprint density at radius 3 is 2.30 bits per heavy atom. The number of nitrogens with two attached hydrogens (primary N) is 1. The van der Waals surface area contributed by atoms with E-state index in [0.717, 1.165) is 13.0 Å². The summed E-state index contributed by atoms with van der Waals surface area (Å²) in [4.78, 5) is 0. The highest BCUT2D eigenvalue weighted by Crippen LogP contribution is 2.01. The first-order valence-electron chi connectivity index (χ1n) is 2.92. The maximum atomic E-state index is 8.57. The highest BCUT2D eigenvalue weighted by molar-refractivity contribution is 5.85. The van der Waals surface area contributed by atoms with Gasteiger partial charge in [-0.05, 0) is 6.42 Å². The predicted octanol–water partition coefficient (Wildman–Crippen LogP) is -0.489. The highest BCUT2D eigenvalue weighted by Gasteiger charge is 2.18. The first-order chi connectivity index (χ1) is 3.83. The summed E-state index contributed by atoms with van der Waals surface area (Å²) in [7, 11) is 0. The van der Waals surface area contributed by atoms with Gasteiger partial charge in [-0.15, -0.1) is 24.8 Å². The molecule has 0 amide bonds. The molecular weight excluding hydrogens is 175 g/mol. The molecule has 1 heterocycles. The molecule has 0 aromatic carbocycles. The van der Waals surface area contributed by atoms with Gasteiger partial charge in [0.05, 0.1) is 6.61 Å². The first-order valence-corrected chi connectivity index (χ1v) is 2.92. The normalized spacial score (nSPS) is 30.6. The number of aliphatic hydroxyl groups is 1. The van der Waals surface area contributed by atoms with Crippen molar-refractivity contribution in [1.82, 2.24) is 5.32 Å². The van der Waals surface area contributed by atoms with E-state index >= 15 is 0 Å². The second-order valence-corrected chi connectivity index (χ2v) is 2.28. The second-order valence-electron chi connectivity index (χ2n) is 2.28. The minimum atomic E-state index is 0. The van der Waals surface area contributed by atoms with Gasteiger partial charge in [-0.3, -0.25) is 0 Å². The van der Waals surface area contributed by atoms with Crippen LogP contribution < -0.4 is 11.1 Å². The molecule has 1 aliphatic heterocycles. The number of hydrogen-bond donors (Lipinski definition) is 3. The lowest BCUT2D eigenvalue weighted by Gasteiger charge is -2.01. The molecule has 4 N–H and O–H groups in total. The van der Waals surface area contributed by atoms with Crippen molar-refractivity contribution in [2.24, 2.45) is 5.73 Å². The van der Waals surface area contributed by atoms with Crippen LogP contribution in [0.2, 0.25) is 0 Å². The molecule has 0 aromatic rings. The molecule has 0 saturated carbocycles. The van der Waals surface area contributed by atoms with Crippen LogP contribution in [0.1, 0.15) is 6.42 Å². The van der Waals surface area contributed by atoms with Crippen LogP contribution in [0.25, 0.3) is 0 Å². The first kappa shape index (κ1) is 13.1. The van der Waals surface area contributed by atoms with Gasteiger partial charge in [0, 0.05) is 18.6 Å². The van der Waals surface area contributed by atoms with E-state index in [1.807, 2.05) is 0 Å². The van der Waals surface area contributed by atoms with Crippen molar-refractivity contribution in [3.63, 3.8) is 0 Å². The molecule has 0 aliphatic carbocycles. The van der Waals surface area contributed by atoms with Crippen molar-refractivity contribution < 1.29 is 5.11 Å². The fraction of sp³-hybridized carbons (Fsp3) is 1.00. The molecule has 64 valence electrons. The molecule has 3 nitrogen and oxygen atoms in total. The second kappa shape index (κ2) is 6.19. The molecule has 1 aliphatic rings. The van der Waals surface area contributed by atoms with Crippen molar-refractivity contribution in [2.45, 2.75) is 18.5 Å². The van der Waals surface area contributed by atoms with Gasteiger partial charge in [0.15, 0.2) is 0 Å². The number of aliphatic hydroxyl groups excluding tert-OH is 1. The molecule has 1 rings (SSSR count). The van der Waals surface area contributed by atoms with Crippen LogP contribution in [0.3, 0.4) is 0 Å². The van der Waals surface area contributed by atoms with E-state index < -0.39 is 0 Å². The standard InChI is InChI=1S/C5H12N2O.2ClH/c6-4-1-5(3-8)7-2-4;;/h4-5,7-8H,1-3,6H2;2*1H/t4-,5+;;/m0../s1. The Morgan fingerprint density at radius 1 is 1.50 bits per heavy atom. The molecular formula is C5H14Cl2N2O. The summed E-state index contributed by atoms with van der Waals surface area (Å²) in [5.74, 6) is 0. The number of nitrogens with one attached hydrogen (secondary N) is 1. The van der Waals surface area contributed by atoms with Crippen LogP contribution in [-0.2, 0) is 0 Å². The summed E-state index contributed by atoms with van der Waals surface area (Å²) in [6.07, 6.45) is 0.913. The summed E-state index contributed by atoms with van der Waals surface area (Å²) in [5, 5.41) is 11.6. The van der Waals surface area contributed by atoms with Crippen LogP contribution >= 0.6 is 24.8 Å². The molecule has 0 bridgehead atoms. The van der Waals surface area contributed by atoms with E-state index in [0.29, 0.717) is 0 Å². The maximum absolute atomic E-state index is 8.57. The lowest BCUT2D eigenvalue weighted by molar-refractivity contribution is 0.254. The average molecular weight is 189 g/mol. The largest absolute Gasteiger partial charge is 0.395 e. The minimum Gasteiger partial charge on any atom is -0.395 e.